The normalized spacial score (nSPS) is 17.5. The topological polar surface area (TPSA) is 85.3 Å². The van der Waals surface area contributed by atoms with Gasteiger partial charge in [0.05, 0.1) is 0 Å². The van der Waals surface area contributed by atoms with Crippen LogP contribution in [-0.4, -0.2) is 34.0 Å². The molecule has 26 heavy (non-hydrogen) atoms. The van der Waals surface area contributed by atoms with Crippen LogP contribution in [0.2, 0.25) is 5.02 Å². The van der Waals surface area contributed by atoms with Crippen molar-refractivity contribution in [2.75, 3.05) is 13.1 Å². The predicted octanol–water partition coefficient (Wildman–Crippen LogP) is 3.96. The highest BCUT2D eigenvalue weighted by Crippen LogP contribution is 2.32. The summed E-state index contributed by atoms with van der Waals surface area (Å²) >= 11 is 5.93. The van der Waals surface area contributed by atoms with E-state index in [1.807, 2.05) is 17.0 Å². The van der Waals surface area contributed by atoms with Crippen molar-refractivity contribution < 1.29 is 9.32 Å². The van der Waals surface area contributed by atoms with Crippen LogP contribution in [0.1, 0.15) is 56.9 Å². The maximum Gasteiger partial charge on any atom is 0.249 e. The first-order valence-electron chi connectivity index (χ1n) is 9.28. The molecule has 1 aromatic heterocycles. The van der Waals surface area contributed by atoms with E-state index in [1.165, 1.54) is 0 Å². The minimum absolute atomic E-state index is 0.126. The first-order chi connectivity index (χ1) is 12.7. The Bertz CT molecular complexity index is 717. The number of carbonyl (C=O) groups excluding carboxylic acids is 1. The summed E-state index contributed by atoms with van der Waals surface area (Å²) in [5, 5.41) is 4.75. The molecule has 2 heterocycles. The van der Waals surface area contributed by atoms with Crippen molar-refractivity contribution in [3.63, 3.8) is 0 Å². The van der Waals surface area contributed by atoms with E-state index in [9.17, 15) is 4.79 Å². The van der Waals surface area contributed by atoms with Gasteiger partial charge in [-0.1, -0.05) is 23.2 Å². The average molecular weight is 377 g/mol. The van der Waals surface area contributed by atoms with Crippen molar-refractivity contribution in [2.45, 2.75) is 51.0 Å². The van der Waals surface area contributed by atoms with Crippen molar-refractivity contribution >= 4 is 17.5 Å². The van der Waals surface area contributed by atoms with E-state index in [-0.39, 0.29) is 11.9 Å². The van der Waals surface area contributed by atoms with Gasteiger partial charge in [0.1, 0.15) is 6.04 Å². The van der Waals surface area contributed by atoms with Gasteiger partial charge in [0.2, 0.25) is 17.6 Å². The summed E-state index contributed by atoms with van der Waals surface area (Å²) in [6.45, 7) is 1.43. The molecule has 0 aliphatic carbocycles. The summed E-state index contributed by atoms with van der Waals surface area (Å²) < 4.78 is 5.51. The molecule has 0 radical (unpaired) electrons. The summed E-state index contributed by atoms with van der Waals surface area (Å²) in [7, 11) is 0. The van der Waals surface area contributed by atoms with Gasteiger partial charge in [-0.3, -0.25) is 4.79 Å². The highest BCUT2D eigenvalue weighted by atomic mass is 35.5. The van der Waals surface area contributed by atoms with E-state index in [0.717, 1.165) is 50.6 Å². The molecule has 6 nitrogen and oxygen atoms in total. The molecule has 0 unspecified atom stereocenters. The Morgan fingerprint density at radius 2 is 2.04 bits per heavy atom. The maximum atomic E-state index is 12.6. The van der Waals surface area contributed by atoms with E-state index in [1.54, 1.807) is 12.1 Å². The molecule has 2 aromatic rings. The van der Waals surface area contributed by atoms with Crippen LogP contribution < -0.4 is 5.73 Å². The fourth-order valence-corrected chi connectivity index (χ4v) is 3.44. The SMILES string of the molecule is NCCCCCC(=O)N1CCCC[C@@H]1c1nc(-c2ccc(Cl)cc2)no1. The first kappa shape index (κ1) is 18.9. The Morgan fingerprint density at radius 1 is 1.23 bits per heavy atom. The number of piperidine rings is 1. The van der Waals surface area contributed by atoms with E-state index in [2.05, 4.69) is 10.1 Å². The van der Waals surface area contributed by atoms with Gasteiger partial charge in [-0.2, -0.15) is 4.98 Å². The lowest BCUT2D eigenvalue weighted by Gasteiger charge is -2.33. The third kappa shape index (κ3) is 4.62. The van der Waals surface area contributed by atoms with Crippen molar-refractivity contribution in [3.05, 3.63) is 35.2 Å². The lowest BCUT2D eigenvalue weighted by atomic mass is 10.0. The number of nitrogens with two attached hydrogens (primary N) is 1. The van der Waals surface area contributed by atoms with Crippen LogP contribution in [0.4, 0.5) is 0 Å². The minimum Gasteiger partial charge on any atom is -0.337 e. The molecule has 3 rings (SSSR count). The molecule has 0 bridgehead atoms. The van der Waals surface area contributed by atoms with Gasteiger partial charge in [-0.05, 0) is 62.9 Å². The lowest BCUT2D eigenvalue weighted by Crippen LogP contribution is -2.38. The number of benzene rings is 1. The van der Waals surface area contributed by atoms with Crippen LogP contribution in [0.5, 0.6) is 0 Å². The maximum absolute atomic E-state index is 12.6. The second-order valence-corrected chi connectivity index (χ2v) is 7.10. The Hall–Kier alpha value is -1.92. The Kier molecular flexibility index (Phi) is 6.63. The number of rotatable bonds is 7. The van der Waals surface area contributed by atoms with Gasteiger partial charge in [0, 0.05) is 23.6 Å². The molecule has 2 N–H and O–H groups in total. The number of halogens is 1. The molecule has 0 saturated carbocycles. The summed E-state index contributed by atoms with van der Waals surface area (Å²) in [6.07, 6.45) is 6.31. The number of aromatic nitrogens is 2. The molecule has 140 valence electrons. The van der Waals surface area contributed by atoms with Gasteiger partial charge in [0.25, 0.3) is 0 Å². The summed E-state index contributed by atoms with van der Waals surface area (Å²) in [4.78, 5) is 19.1. The molecule has 7 heteroatoms. The number of nitrogens with zero attached hydrogens (tertiary/aromatic N) is 3. The van der Waals surface area contributed by atoms with Gasteiger partial charge in [0.15, 0.2) is 0 Å². The third-order valence-corrected chi connectivity index (χ3v) is 5.00. The Morgan fingerprint density at radius 3 is 2.81 bits per heavy atom. The monoisotopic (exact) mass is 376 g/mol. The molecule has 0 spiro atoms. The molecular formula is C19H25ClN4O2. The van der Waals surface area contributed by atoms with Crippen LogP contribution in [0.15, 0.2) is 28.8 Å². The van der Waals surface area contributed by atoms with Gasteiger partial charge >= 0.3 is 0 Å². The third-order valence-electron chi connectivity index (χ3n) is 4.75. The van der Waals surface area contributed by atoms with Crippen molar-refractivity contribution in [3.8, 4) is 11.4 Å². The number of likely N-dealkylation sites (tertiary alicyclic amines) is 1. The van der Waals surface area contributed by atoms with Crippen molar-refractivity contribution in [1.29, 1.82) is 0 Å². The zero-order valence-corrected chi connectivity index (χ0v) is 15.6. The molecule has 1 saturated heterocycles. The number of hydrogen-bond acceptors (Lipinski definition) is 5. The molecular weight excluding hydrogens is 352 g/mol. The second-order valence-electron chi connectivity index (χ2n) is 6.66. The lowest BCUT2D eigenvalue weighted by molar-refractivity contribution is -0.135. The summed E-state index contributed by atoms with van der Waals surface area (Å²) in [6, 6.07) is 7.19. The van der Waals surface area contributed by atoms with E-state index < -0.39 is 0 Å². The van der Waals surface area contributed by atoms with Crippen molar-refractivity contribution in [1.82, 2.24) is 15.0 Å². The van der Waals surface area contributed by atoms with Crippen LogP contribution in [-0.2, 0) is 4.79 Å². The van der Waals surface area contributed by atoms with Crippen LogP contribution in [0, 0.1) is 0 Å². The van der Waals surface area contributed by atoms with E-state index in [4.69, 9.17) is 21.9 Å². The van der Waals surface area contributed by atoms with Crippen LogP contribution in [0.25, 0.3) is 11.4 Å². The van der Waals surface area contributed by atoms with Gasteiger partial charge < -0.3 is 15.2 Å². The van der Waals surface area contributed by atoms with Crippen molar-refractivity contribution in [2.24, 2.45) is 5.73 Å². The number of hydrogen-bond donors (Lipinski definition) is 1. The molecule has 1 aliphatic rings. The number of amides is 1. The largest absolute Gasteiger partial charge is 0.337 e. The summed E-state index contributed by atoms with van der Waals surface area (Å²) in [5.74, 6) is 1.21. The zero-order chi connectivity index (χ0) is 18.4. The molecule has 1 aromatic carbocycles. The number of carbonyl (C=O) groups is 1. The van der Waals surface area contributed by atoms with Gasteiger partial charge in [-0.25, -0.2) is 0 Å². The fourth-order valence-electron chi connectivity index (χ4n) is 3.31. The van der Waals surface area contributed by atoms with E-state index in [0.29, 0.717) is 29.7 Å². The Labute approximate surface area is 158 Å². The molecule has 1 amide bonds. The average Bonchev–Trinajstić information content (AvgIpc) is 3.16. The highest BCUT2D eigenvalue weighted by Gasteiger charge is 2.31. The smallest absolute Gasteiger partial charge is 0.249 e. The van der Waals surface area contributed by atoms with E-state index >= 15 is 0 Å². The first-order valence-corrected chi connectivity index (χ1v) is 9.66. The number of unbranched alkanes of at least 4 members (excludes halogenated alkanes) is 2. The highest BCUT2D eigenvalue weighted by molar-refractivity contribution is 6.30. The van der Waals surface area contributed by atoms with Crippen LogP contribution >= 0.6 is 11.6 Å². The fraction of sp³-hybridized carbons (Fsp3) is 0.526. The standard InChI is InChI=1S/C19H25ClN4O2/c20-15-10-8-14(9-11-15)18-22-19(26-23-18)16-6-3-5-13-24(16)17(25)7-2-1-4-12-21/h8-11,16H,1-7,12-13,21H2/t16-/m1/s1. The molecule has 1 fully saturated rings. The zero-order valence-electron chi connectivity index (χ0n) is 14.9. The summed E-state index contributed by atoms with van der Waals surface area (Å²) in [5.41, 5.74) is 6.36. The molecule has 1 atom stereocenters. The Balaban J connectivity index is 1.69. The minimum atomic E-state index is -0.126. The quantitative estimate of drug-likeness (QED) is 0.739. The predicted molar refractivity (Wildman–Crippen MR) is 101 cm³/mol. The van der Waals surface area contributed by atoms with Gasteiger partial charge in [-0.15, -0.1) is 0 Å². The molecule has 1 aliphatic heterocycles. The van der Waals surface area contributed by atoms with Crippen LogP contribution in [0.3, 0.4) is 0 Å². The second kappa shape index (κ2) is 9.14.